The lowest BCUT2D eigenvalue weighted by atomic mass is 9.94. The zero-order valence-corrected chi connectivity index (χ0v) is 9.92. The Morgan fingerprint density at radius 3 is 2.47 bits per heavy atom. The molecule has 7 nitrogen and oxygen atoms in total. The molecule has 7 heteroatoms. The highest BCUT2D eigenvalue weighted by atomic mass is 16.6. The van der Waals surface area contributed by atoms with Crippen LogP contribution in [0.4, 0.5) is 0 Å². The third kappa shape index (κ3) is 5.84. The second kappa shape index (κ2) is 7.59. The molecule has 0 heterocycles. The maximum Gasteiger partial charge on any atom is 0.320 e. The van der Waals surface area contributed by atoms with Crippen LogP contribution in [0.15, 0.2) is 0 Å². The Bertz CT molecular complexity index is 291. The lowest BCUT2D eigenvalue weighted by molar-refractivity contribution is -0.488. The number of hydrogen-bond donors (Lipinski definition) is 1. The van der Waals surface area contributed by atoms with E-state index in [1.165, 1.54) is 6.92 Å². The average molecular weight is 247 g/mol. The van der Waals surface area contributed by atoms with E-state index in [0.717, 1.165) is 6.42 Å². The number of carboxylic acids is 1. The smallest absolute Gasteiger partial charge is 0.320 e. The normalized spacial score (nSPS) is 13.8. The van der Waals surface area contributed by atoms with Crippen LogP contribution in [0.2, 0.25) is 0 Å². The third-order valence-corrected chi connectivity index (χ3v) is 2.27. The van der Waals surface area contributed by atoms with E-state index >= 15 is 0 Å². The monoisotopic (exact) mass is 247 g/mol. The highest BCUT2D eigenvalue weighted by molar-refractivity contribution is 5.94. The molecule has 0 saturated carbocycles. The molecule has 0 fully saturated rings. The van der Waals surface area contributed by atoms with Crippen LogP contribution in [0.3, 0.4) is 0 Å². The zero-order chi connectivity index (χ0) is 13.4. The first kappa shape index (κ1) is 15.3. The quantitative estimate of drug-likeness (QED) is 0.225. The standard InChI is InChI=1S/C10H17NO6/c1-3-4-5-17-10(14)8(9(12)13)7(2)6-11(15)16/h7-8H,3-6H2,1-2H3,(H,12,13). The molecule has 2 atom stereocenters. The van der Waals surface area contributed by atoms with E-state index in [0.29, 0.717) is 6.42 Å². The molecule has 0 aromatic heterocycles. The summed E-state index contributed by atoms with van der Waals surface area (Å²) in [5, 5.41) is 19.1. The zero-order valence-electron chi connectivity index (χ0n) is 9.92. The van der Waals surface area contributed by atoms with Crippen LogP contribution in [0.1, 0.15) is 26.7 Å². The Balaban J connectivity index is 4.45. The molecular weight excluding hydrogens is 230 g/mol. The number of carboxylic acid groups (broad SMARTS) is 1. The van der Waals surface area contributed by atoms with Gasteiger partial charge in [0.1, 0.15) is 0 Å². The fraction of sp³-hybridized carbons (Fsp3) is 0.800. The second-order valence-electron chi connectivity index (χ2n) is 3.83. The molecule has 0 aromatic rings. The number of aliphatic carboxylic acids is 1. The van der Waals surface area contributed by atoms with E-state index in [1.54, 1.807) is 0 Å². The van der Waals surface area contributed by atoms with E-state index in [4.69, 9.17) is 9.84 Å². The number of hydrogen-bond acceptors (Lipinski definition) is 5. The first-order chi connectivity index (χ1) is 7.90. The Morgan fingerprint density at radius 2 is 2.06 bits per heavy atom. The molecule has 0 rings (SSSR count). The number of carbonyl (C=O) groups excluding carboxylic acids is 1. The van der Waals surface area contributed by atoms with Gasteiger partial charge in [-0.1, -0.05) is 20.3 Å². The maximum atomic E-state index is 11.5. The molecule has 0 saturated heterocycles. The summed E-state index contributed by atoms with van der Waals surface area (Å²) >= 11 is 0. The van der Waals surface area contributed by atoms with Gasteiger partial charge in [0, 0.05) is 10.8 Å². The van der Waals surface area contributed by atoms with Crippen molar-refractivity contribution in [3.63, 3.8) is 0 Å². The Labute approximate surface area is 98.9 Å². The van der Waals surface area contributed by atoms with Crippen molar-refractivity contribution < 1.29 is 24.4 Å². The second-order valence-corrected chi connectivity index (χ2v) is 3.83. The van der Waals surface area contributed by atoms with Gasteiger partial charge in [0.25, 0.3) is 0 Å². The predicted molar refractivity (Wildman–Crippen MR) is 58.0 cm³/mol. The lowest BCUT2D eigenvalue weighted by Gasteiger charge is -2.15. The van der Waals surface area contributed by atoms with E-state index < -0.39 is 35.2 Å². The van der Waals surface area contributed by atoms with Gasteiger partial charge in [0.05, 0.1) is 6.61 Å². The van der Waals surface area contributed by atoms with Gasteiger partial charge in [0.15, 0.2) is 5.92 Å². The van der Waals surface area contributed by atoms with Crippen molar-refractivity contribution in [2.24, 2.45) is 11.8 Å². The number of rotatable bonds is 8. The van der Waals surface area contributed by atoms with Crippen molar-refractivity contribution in [1.29, 1.82) is 0 Å². The van der Waals surface area contributed by atoms with E-state index in [2.05, 4.69) is 0 Å². The van der Waals surface area contributed by atoms with Gasteiger partial charge in [-0.2, -0.15) is 0 Å². The molecule has 0 amide bonds. The molecule has 0 aliphatic heterocycles. The van der Waals surface area contributed by atoms with Crippen LogP contribution in [-0.4, -0.2) is 35.1 Å². The van der Waals surface area contributed by atoms with Gasteiger partial charge in [-0.25, -0.2) is 0 Å². The largest absolute Gasteiger partial charge is 0.481 e. The van der Waals surface area contributed by atoms with Crippen molar-refractivity contribution in [1.82, 2.24) is 0 Å². The third-order valence-electron chi connectivity index (χ3n) is 2.27. The van der Waals surface area contributed by atoms with Crippen LogP contribution in [0.5, 0.6) is 0 Å². The minimum Gasteiger partial charge on any atom is -0.481 e. The van der Waals surface area contributed by atoms with Crippen molar-refractivity contribution in [3.05, 3.63) is 10.1 Å². The SMILES string of the molecule is CCCCOC(=O)C(C(=O)O)C(C)C[N+](=O)[O-]. The summed E-state index contributed by atoms with van der Waals surface area (Å²) in [6, 6.07) is 0. The van der Waals surface area contributed by atoms with Crippen molar-refractivity contribution >= 4 is 11.9 Å². The van der Waals surface area contributed by atoms with Crippen LogP contribution < -0.4 is 0 Å². The summed E-state index contributed by atoms with van der Waals surface area (Å²) in [6.07, 6.45) is 1.46. The van der Waals surface area contributed by atoms with Gasteiger partial charge in [0.2, 0.25) is 6.54 Å². The highest BCUT2D eigenvalue weighted by Gasteiger charge is 2.36. The molecule has 0 aliphatic carbocycles. The molecule has 0 aromatic carbocycles. The van der Waals surface area contributed by atoms with Crippen molar-refractivity contribution in [2.45, 2.75) is 26.7 Å². The fourth-order valence-electron chi connectivity index (χ4n) is 1.32. The van der Waals surface area contributed by atoms with E-state index in [9.17, 15) is 19.7 Å². The number of nitrogens with zero attached hydrogens (tertiary/aromatic N) is 1. The number of unbranched alkanes of at least 4 members (excludes halogenated alkanes) is 1. The van der Waals surface area contributed by atoms with Gasteiger partial charge in [-0.05, 0) is 6.42 Å². The van der Waals surface area contributed by atoms with Gasteiger partial charge in [-0.3, -0.25) is 19.7 Å². The maximum absolute atomic E-state index is 11.5. The topological polar surface area (TPSA) is 107 Å². The van der Waals surface area contributed by atoms with Gasteiger partial charge in [-0.15, -0.1) is 0 Å². The summed E-state index contributed by atoms with van der Waals surface area (Å²) in [4.78, 5) is 32.0. The van der Waals surface area contributed by atoms with Crippen molar-refractivity contribution in [3.8, 4) is 0 Å². The van der Waals surface area contributed by atoms with E-state index in [-0.39, 0.29) is 6.61 Å². The lowest BCUT2D eigenvalue weighted by Crippen LogP contribution is -2.35. The van der Waals surface area contributed by atoms with Crippen LogP contribution in [-0.2, 0) is 14.3 Å². The number of carbonyl (C=O) groups is 2. The molecule has 0 bridgehead atoms. The molecular formula is C10H17NO6. The minimum absolute atomic E-state index is 0.143. The van der Waals surface area contributed by atoms with Crippen LogP contribution in [0, 0.1) is 22.0 Å². The fourth-order valence-corrected chi connectivity index (χ4v) is 1.32. The molecule has 17 heavy (non-hydrogen) atoms. The highest BCUT2D eigenvalue weighted by Crippen LogP contribution is 2.14. The average Bonchev–Trinajstić information content (AvgIpc) is 2.16. The van der Waals surface area contributed by atoms with Gasteiger partial charge >= 0.3 is 11.9 Å². The number of nitro groups is 1. The molecule has 0 radical (unpaired) electrons. The summed E-state index contributed by atoms with van der Waals surface area (Å²) in [7, 11) is 0. The van der Waals surface area contributed by atoms with Gasteiger partial charge < -0.3 is 9.84 Å². The molecule has 0 spiro atoms. The Morgan fingerprint density at radius 1 is 1.47 bits per heavy atom. The summed E-state index contributed by atoms with van der Waals surface area (Å²) in [5.74, 6) is -4.66. The molecule has 0 aliphatic rings. The Kier molecular flexibility index (Phi) is 6.85. The molecule has 98 valence electrons. The first-order valence-electron chi connectivity index (χ1n) is 5.41. The molecule has 2 unspecified atom stereocenters. The van der Waals surface area contributed by atoms with Crippen molar-refractivity contribution in [2.75, 3.05) is 13.2 Å². The Hall–Kier alpha value is -1.66. The first-order valence-corrected chi connectivity index (χ1v) is 5.41. The summed E-state index contributed by atoms with van der Waals surface area (Å²) in [6.45, 7) is 2.82. The minimum atomic E-state index is -1.47. The number of esters is 1. The molecule has 1 N–H and O–H groups in total. The summed E-state index contributed by atoms with van der Waals surface area (Å²) < 4.78 is 4.77. The summed E-state index contributed by atoms with van der Waals surface area (Å²) in [5.41, 5.74) is 0. The van der Waals surface area contributed by atoms with Crippen LogP contribution >= 0.6 is 0 Å². The predicted octanol–water partition coefficient (Wildman–Crippen LogP) is 0.943. The van der Waals surface area contributed by atoms with E-state index in [1.807, 2.05) is 6.92 Å². The number of ether oxygens (including phenoxy) is 1. The van der Waals surface area contributed by atoms with Crippen LogP contribution in [0.25, 0.3) is 0 Å².